The zero-order valence-electron chi connectivity index (χ0n) is 18.1. The van der Waals surface area contributed by atoms with Crippen LogP contribution in [0.2, 0.25) is 0 Å². The van der Waals surface area contributed by atoms with Gasteiger partial charge in [0.15, 0.2) is 11.7 Å². The predicted octanol–water partition coefficient (Wildman–Crippen LogP) is 5.48. The second-order valence-electron chi connectivity index (χ2n) is 7.68. The van der Waals surface area contributed by atoms with Crippen molar-refractivity contribution < 1.29 is 13.9 Å². The molecule has 0 unspecified atom stereocenters. The van der Waals surface area contributed by atoms with Crippen molar-refractivity contribution in [1.82, 2.24) is 10.3 Å². The fourth-order valence-electron chi connectivity index (χ4n) is 3.22. The van der Waals surface area contributed by atoms with Crippen LogP contribution >= 0.6 is 0 Å². The van der Waals surface area contributed by atoms with Crippen LogP contribution in [0.1, 0.15) is 29.0 Å². The first-order valence-electron chi connectivity index (χ1n) is 10.7. The van der Waals surface area contributed by atoms with E-state index in [-0.39, 0.29) is 5.91 Å². The van der Waals surface area contributed by atoms with Gasteiger partial charge >= 0.3 is 0 Å². The smallest absolute Gasteiger partial charge is 0.220 e. The quantitative estimate of drug-likeness (QED) is 0.385. The van der Waals surface area contributed by atoms with Crippen LogP contribution < -0.4 is 10.1 Å². The van der Waals surface area contributed by atoms with Crippen LogP contribution in [0.15, 0.2) is 89.5 Å². The van der Waals surface area contributed by atoms with E-state index in [0.717, 1.165) is 28.2 Å². The number of rotatable bonds is 9. The SMILES string of the molecule is Cc1ccc(-c2cnc(CCC(=O)NCc3ccc(COc4ccccc4)cc3)o2)cc1. The number of amides is 1. The van der Waals surface area contributed by atoms with Gasteiger partial charge < -0.3 is 14.5 Å². The lowest BCUT2D eigenvalue weighted by Gasteiger charge is -2.08. The Hall–Kier alpha value is -3.86. The van der Waals surface area contributed by atoms with Crippen LogP contribution in [-0.2, 0) is 24.4 Å². The molecule has 0 bridgehead atoms. The normalized spacial score (nSPS) is 10.7. The van der Waals surface area contributed by atoms with Crippen LogP contribution in [-0.4, -0.2) is 10.9 Å². The number of aryl methyl sites for hydroxylation is 2. The first kappa shape index (κ1) is 21.4. The van der Waals surface area contributed by atoms with Crippen molar-refractivity contribution in [2.45, 2.75) is 32.9 Å². The molecule has 0 saturated carbocycles. The van der Waals surface area contributed by atoms with Gasteiger partial charge in [0.1, 0.15) is 12.4 Å². The Balaban J connectivity index is 1.20. The summed E-state index contributed by atoms with van der Waals surface area (Å²) in [4.78, 5) is 16.5. The number of hydrogen-bond donors (Lipinski definition) is 1. The molecule has 4 aromatic rings. The second-order valence-corrected chi connectivity index (χ2v) is 7.68. The topological polar surface area (TPSA) is 64.4 Å². The molecule has 1 amide bonds. The second kappa shape index (κ2) is 10.4. The van der Waals surface area contributed by atoms with Crippen LogP contribution in [0.5, 0.6) is 5.75 Å². The summed E-state index contributed by atoms with van der Waals surface area (Å²) >= 11 is 0. The third-order valence-electron chi connectivity index (χ3n) is 5.12. The summed E-state index contributed by atoms with van der Waals surface area (Å²) in [5.41, 5.74) is 4.30. The van der Waals surface area contributed by atoms with Crippen molar-refractivity contribution >= 4 is 5.91 Å². The van der Waals surface area contributed by atoms with E-state index in [0.29, 0.717) is 31.9 Å². The summed E-state index contributed by atoms with van der Waals surface area (Å²) in [6.07, 6.45) is 2.51. The zero-order valence-corrected chi connectivity index (χ0v) is 18.1. The van der Waals surface area contributed by atoms with E-state index < -0.39 is 0 Å². The number of ether oxygens (including phenoxy) is 1. The van der Waals surface area contributed by atoms with E-state index >= 15 is 0 Å². The molecule has 0 spiro atoms. The predicted molar refractivity (Wildman–Crippen MR) is 124 cm³/mol. The van der Waals surface area contributed by atoms with Gasteiger partial charge in [0, 0.05) is 24.9 Å². The average Bonchev–Trinajstić information content (AvgIpc) is 3.31. The summed E-state index contributed by atoms with van der Waals surface area (Å²) in [6.45, 7) is 3.04. The van der Waals surface area contributed by atoms with Crippen molar-refractivity contribution in [3.05, 3.63) is 108 Å². The Morgan fingerprint density at radius 3 is 2.41 bits per heavy atom. The summed E-state index contributed by atoms with van der Waals surface area (Å²) in [7, 11) is 0. The lowest BCUT2D eigenvalue weighted by molar-refractivity contribution is -0.121. The third kappa shape index (κ3) is 6.08. The van der Waals surface area contributed by atoms with Gasteiger partial charge in [0.05, 0.1) is 6.20 Å². The molecule has 162 valence electrons. The van der Waals surface area contributed by atoms with E-state index in [4.69, 9.17) is 9.15 Å². The van der Waals surface area contributed by atoms with Gasteiger partial charge in [0.25, 0.3) is 0 Å². The standard InChI is InChI=1S/C27H26N2O3/c1-20-7-13-23(14-8-20)25-18-29-27(32-25)16-15-26(30)28-17-21-9-11-22(12-10-21)19-31-24-5-3-2-4-6-24/h2-14,18H,15-17,19H2,1H3,(H,28,30). The highest BCUT2D eigenvalue weighted by atomic mass is 16.5. The van der Waals surface area contributed by atoms with Gasteiger partial charge in [-0.15, -0.1) is 0 Å². The fraction of sp³-hybridized carbons (Fsp3) is 0.185. The van der Waals surface area contributed by atoms with Crippen LogP contribution in [0.25, 0.3) is 11.3 Å². The molecule has 0 fully saturated rings. The number of benzene rings is 3. The Kier molecular flexibility index (Phi) is 6.98. The molecule has 5 nitrogen and oxygen atoms in total. The number of para-hydroxylation sites is 1. The molecule has 1 N–H and O–H groups in total. The molecule has 0 atom stereocenters. The van der Waals surface area contributed by atoms with E-state index in [1.807, 2.05) is 85.8 Å². The largest absolute Gasteiger partial charge is 0.489 e. The number of carbonyl (C=O) groups is 1. The van der Waals surface area contributed by atoms with Gasteiger partial charge in [-0.3, -0.25) is 4.79 Å². The first-order chi connectivity index (χ1) is 15.7. The van der Waals surface area contributed by atoms with E-state index in [9.17, 15) is 4.79 Å². The molecular formula is C27H26N2O3. The Labute approximate surface area is 188 Å². The number of carbonyl (C=O) groups excluding carboxylic acids is 1. The molecule has 0 aliphatic rings. The van der Waals surface area contributed by atoms with Crippen LogP contribution in [0.3, 0.4) is 0 Å². The van der Waals surface area contributed by atoms with Crippen molar-refractivity contribution in [3.8, 4) is 17.1 Å². The molecule has 0 aliphatic heterocycles. The van der Waals surface area contributed by atoms with Crippen molar-refractivity contribution in [3.63, 3.8) is 0 Å². The Morgan fingerprint density at radius 2 is 1.66 bits per heavy atom. The maximum Gasteiger partial charge on any atom is 0.220 e. The van der Waals surface area contributed by atoms with Gasteiger partial charge in [-0.05, 0) is 30.2 Å². The maximum absolute atomic E-state index is 12.2. The van der Waals surface area contributed by atoms with Crippen LogP contribution in [0, 0.1) is 6.92 Å². The fourth-order valence-corrected chi connectivity index (χ4v) is 3.22. The molecule has 1 heterocycles. The maximum atomic E-state index is 12.2. The van der Waals surface area contributed by atoms with Crippen LogP contribution in [0.4, 0.5) is 0 Å². The molecule has 0 aliphatic carbocycles. The summed E-state index contributed by atoms with van der Waals surface area (Å²) in [5, 5.41) is 2.95. The van der Waals surface area contributed by atoms with Crippen molar-refractivity contribution in [1.29, 1.82) is 0 Å². The summed E-state index contributed by atoms with van der Waals surface area (Å²) in [5.74, 6) is 2.10. The molecule has 1 aromatic heterocycles. The Bertz CT molecular complexity index is 1130. The summed E-state index contributed by atoms with van der Waals surface area (Å²) < 4.78 is 11.5. The van der Waals surface area contributed by atoms with E-state index in [1.165, 1.54) is 5.56 Å². The van der Waals surface area contributed by atoms with Gasteiger partial charge in [-0.1, -0.05) is 72.3 Å². The van der Waals surface area contributed by atoms with E-state index in [1.54, 1.807) is 6.20 Å². The highest BCUT2D eigenvalue weighted by molar-refractivity contribution is 5.76. The molecule has 32 heavy (non-hydrogen) atoms. The first-order valence-corrected chi connectivity index (χ1v) is 10.7. The zero-order chi connectivity index (χ0) is 22.2. The molecule has 0 radical (unpaired) electrons. The molecular weight excluding hydrogens is 400 g/mol. The lowest BCUT2D eigenvalue weighted by atomic mass is 10.1. The highest BCUT2D eigenvalue weighted by Gasteiger charge is 2.09. The minimum atomic E-state index is -0.0310. The minimum absolute atomic E-state index is 0.0310. The summed E-state index contributed by atoms with van der Waals surface area (Å²) in [6, 6.07) is 25.9. The molecule has 0 saturated heterocycles. The van der Waals surface area contributed by atoms with Crippen molar-refractivity contribution in [2.24, 2.45) is 0 Å². The van der Waals surface area contributed by atoms with Gasteiger partial charge in [0.2, 0.25) is 5.91 Å². The lowest BCUT2D eigenvalue weighted by Crippen LogP contribution is -2.23. The van der Waals surface area contributed by atoms with Gasteiger partial charge in [-0.25, -0.2) is 4.98 Å². The highest BCUT2D eigenvalue weighted by Crippen LogP contribution is 2.21. The monoisotopic (exact) mass is 426 g/mol. The Morgan fingerprint density at radius 1 is 0.938 bits per heavy atom. The number of nitrogens with zero attached hydrogens (tertiary/aromatic N) is 1. The molecule has 3 aromatic carbocycles. The number of nitrogens with one attached hydrogen (secondary N) is 1. The minimum Gasteiger partial charge on any atom is -0.489 e. The van der Waals surface area contributed by atoms with Crippen molar-refractivity contribution in [2.75, 3.05) is 0 Å². The average molecular weight is 427 g/mol. The van der Waals surface area contributed by atoms with E-state index in [2.05, 4.69) is 10.3 Å². The van der Waals surface area contributed by atoms with Gasteiger partial charge in [-0.2, -0.15) is 0 Å². The third-order valence-corrected chi connectivity index (χ3v) is 5.12. The number of oxazole rings is 1. The molecule has 4 rings (SSSR count). The number of aromatic nitrogens is 1. The molecule has 5 heteroatoms. The number of hydrogen-bond acceptors (Lipinski definition) is 4.